The van der Waals surface area contributed by atoms with E-state index in [4.69, 9.17) is 0 Å². The average Bonchev–Trinajstić information content (AvgIpc) is 2.21. The molecular formula is C12H17N3O. The molecule has 2 heterocycles. The maximum absolute atomic E-state index is 9.34. The summed E-state index contributed by atoms with van der Waals surface area (Å²) in [5.74, 6) is 0.853. The minimum Gasteiger partial charge on any atom is -0.393 e. The summed E-state index contributed by atoms with van der Waals surface area (Å²) in [5, 5.41) is 9.34. The van der Waals surface area contributed by atoms with Crippen molar-refractivity contribution in [1.82, 2.24) is 9.97 Å². The van der Waals surface area contributed by atoms with Crippen LogP contribution in [-0.2, 0) is 6.42 Å². The van der Waals surface area contributed by atoms with Crippen molar-refractivity contribution in [3.05, 3.63) is 18.0 Å². The molecule has 1 N–H and O–H groups in total. The molecule has 0 bridgehead atoms. The van der Waals surface area contributed by atoms with Crippen LogP contribution in [0.2, 0.25) is 0 Å². The number of aromatic nitrogens is 2. The Kier molecular flexibility index (Phi) is 2.14. The molecule has 1 saturated carbocycles. The Bertz CT molecular complexity index is 393. The Labute approximate surface area is 95.3 Å². The lowest BCUT2D eigenvalue weighted by Gasteiger charge is -2.57. The molecule has 1 saturated heterocycles. The summed E-state index contributed by atoms with van der Waals surface area (Å²) >= 11 is 0. The van der Waals surface area contributed by atoms with E-state index in [0.29, 0.717) is 5.41 Å². The largest absolute Gasteiger partial charge is 0.393 e. The SMILES string of the molecule is CCc1ccnc(N2CC3(CC(O)C3)C2)n1. The Balaban J connectivity index is 1.67. The molecule has 1 aliphatic carbocycles. The Morgan fingerprint density at radius 2 is 2.25 bits per heavy atom. The number of nitrogens with zero attached hydrogens (tertiary/aromatic N) is 3. The van der Waals surface area contributed by atoms with Crippen LogP contribution >= 0.6 is 0 Å². The highest BCUT2D eigenvalue weighted by Gasteiger charge is 2.52. The Morgan fingerprint density at radius 3 is 2.88 bits per heavy atom. The highest BCUT2D eigenvalue weighted by molar-refractivity contribution is 5.38. The molecule has 4 nitrogen and oxygen atoms in total. The highest BCUT2D eigenvalue weighted by atomic mass is 16.3. The van der Waals surface area contributed by atoms with Gasteiger partial charge in [0.1, 0.15) is 0 Å². The van der Waals surface area contributed by atoms with E-state index < -0.39 is 0 Å². The third kappa shape index (κ3) is 1.48. The van der Waals surface area contributed by atoms with E-state index in [1.165, 1.54) is 0 Å². The zero-order valence-electron chi connectivity index (χ0n) is 9.56. The van der Waals surface area contributed by atoms with Gasteiger partial charge in [0.25, 0.3) is 0 Å². The van der Waals surface area contributed by atoms with Crippen LogP contribution in [0.5, 0.6) is 0 Å². The molecule has 16 heavy (non-hydrogen) atoms. The molecule has 1 spiro atoms. The molecule has 86 valence electrons. The Hall–Kier alpha value is -1.16. The first kappa shape index (κ1) is 10.0. The summed E-state index contributed by atoms with van der Waals surface area (Å²) in [6.07, 6.45) is 4.63. The van der Waals surface area contributed by atoms with Crippen LogP contribution in [0.4, 0.5) is 5.95 Å². The van der Waals surface area contributed by atoms with Crippen LogP contribution in [0.3, 0.4) is 0 Å². The number of anilines is 1. The third-order valence-electron chi connectivity index (χ3n) is 3.74. The van der Waals surface area contributed by atoms with Crippen molar-refractivity contribution in [2.45, 2.75) is 32.3 Å². The van der Waals surface area contributed by atoms with Gasteiger partial charge in [0, 0.05) is 30.4 Å². The minimum atomic E-state index is -0.0648. The topological polar surface area (TPSA) is 49.2 Å². The molecule has 3 rings (SSSR count). The quantitative estimate of drug-likeness (QED) is 0.806. The summed E-state index contributed by atoms with van der Waals surface area (Å²) < 4.78 is 0. The van der Waals surface area contributed by atoms with Gasteiger partial charge in [-0.2, -0.15) is 0 Å². The first-order valence-electron chi connectivity index (χ1n) is 5.96. The van der Waals surface area contributed by atoms with E-state index in [-0.39, 0.29) is 6.10 Å². The number of rotatable bonds is 2. The van der Waals surface area contributed by atoms with Gasteiger partial charge in [-0.3, -0.25) is 0 Å². The number of hydrogen-bond donors (Lipinski definition) is 1. The monoisotopic (exact) mass is 219 g/mol. The van der Waals surface area contributed by atoms with Crippen molar-refractivity contribution in [3.63, 3.8) is 0 Å². The number of hydrogen-bond acceptors (Lipinski definition) is 4. The third-order valence-corrected chi connectivity index (χ3v) is 3.74. The fraction of sp³-hybridized carbons (Fsp3) is 0.667. The maximum Gasteiger partial charge on any atom is 0.225 e. The van der Waals surface area contributed by atoms with Gasteiger partial charge in [-0.1, -0.05) is 6.92 Å². The first-order chi connectivity index (χ1) is 7.71. The zero-order chi connectivity index (χ0) is 11.2. The fourth-order valence-electron chi connectivity index (χ4n) is 2.84. The maximum atomic E-state index is 9.34. The van der Waals surface area contributed by atoms with Gasteiger partial charge in [-0.15, -0.1) is 0 Å². The summed E-state index contributed by atoms with van der Waals surface area (Å²) in [7, 11) is 0. The summed E-state index contributed by atoms with van der Waals surface area (Å²) in [5.41, 5.74) is 1.48. The van der Waals surface area contributed by atoms with Gasteiger partial charge in [0.2, 0.25) is 5.95 Å². The molecule has 1 aromatic heterocycles. The number of aliphatic hydroxyl groups excluding tert-OH is 1. The van der Waals surface area contributed by atoms with Crippen molar-refractivity contribution in [2.24, 2.45) is 5.41 Å². The van der Waals surface area contributed by atoms with Gasteiger partial charge in [0.15, 0.2) is 0 Å². The predicted molar refractivity (Wildman–Crippen MR) is 61.3 cm³/mol. The van der Waals surface area contributed by atoms with Gasteiger partial charge in [-0.05, 0) is 25.3 Å². The van der Waals surface area contributed by atoms with E-state index in [1.54, 1.807) is 0 Å². The number of aryl methyl sites for hydroxylation is 1. The Morgan fingerprint density at radius 1 is 1.50 bits per heavy atom. The van der Waals surface area contributed by atoms with Crippen LogP contribution in [-0.4, -0.2) is 34.3 Å². The van der Waals surface area contributed by atoms with Crippen molar-refractivity contribution in [2.75, 3.05) is 18.0 Å². The van der Waals surface area contributed by atoms with E-state index in [0.717, 1.165) is 44.0 Å². The lowest BCUT2D eigenvalue weighted by atomic mass is 9.62. The average molecular weight is 219 g/mol. The second-order valence-corrected chi connectivity index (χ2v) is 5.12. The van der Waals surface area contributed by atoms with Crippen molar-refractivity contribution in [1.29, 1.82) is 0 Å². The molecule has 0 aromatic carbocycles. The van der Waals surface area contributed by atoms with Gasteiger partial charge in [-0.25, -0.2) is 9.97 Å². The van der Waals surface area contributed by atoms with E-state index in [9.17, 15) is 5.11 Å². The highest BCUT2D eigenvalue weighted by Crippen LogP contribution is 2.48. The van der Waals surface area contributed by atoms with Crippen molar-refractivity contribution < 1.29 is 5.11 Å². The standard InChI is InChI=1S/C12H17N3O/c1-2-9-3-4-13-11(14-9)15-7-12(8-15)5-10(16)6-12/h3-4,10,16H,2,5-8H2,1H3. The van der Waals surface area contributed by atoms with Gasteiger partial charge < -0.3 is 10.0 Å². The first-order valence-corrected chi connectivity index (χ1v) is 5.96. The van der Waals surface area contributed by atoms with E-state index in [2.05, 4.69) is 21.8 Å². The lowest BCUT2D eigenvalue weighted by Crippen LogP contribution is -2.64. The van der Waals surface area contributed by atoms with Crippen LogP contribution in [0.25, 0.3) is 0 Å². The van der Waals surface area contributed by atoms with Crippen molar-refractivity contribution >= 4 is 5.95 Å². The predicted octanol–water partition coefficient (Wildman–Crippen LogP) is 1.00. The van der Waals surface area contributed by atoms with Crippen LogP contribution < -0.4 is 4.90 Å². The van der Waals surface area contributed by atoms with Gasteiger partial charge >= 0.3 is 0 Å². The zero-order valence-corrected chi connectivity index (χ0v) is 9.56. The van der Waals surface area contributed by atoms with Crippen LogP contribution in [0.15, 0.2) is 12.3 Å². The molecular weight excluding hydrogens is 202 g/mol. The normalized spacial score (nSPS) is 23.0. The summed E-state index contributed by atoms with van der Waals surface area (Å²) in [6, 6.07) is 1.96. The molecule has 0 radical (unpaired) electrons. The van der Waals surface area contributed by atoms with Crippen LogP contribution in [0, 0.1) is 5.41 Å². The van der Waals surface area contributed by atoms with Crippen molar-refractivity contribution in [3.8, 4) is 0 Å². The minimum absolute atomic E-state index is 0.0648. The summed E-state index contributed by atoms with van der Waals surface area (Å²) in [4.78, 5) is 11.0. The van der Waals surface area contributed by atoms with E-state index in [1.807, 2.05) is 12.3 Å². The number of aliphatic hydroxyl groups is 1. The molecule has 1 aromatic rings. The van der Waals surface area contributed by atoms with Crippen LogP contribution in [0.1, 0.15) is 25.5 Å². The summed E-state index contributed by atoms with van der Waals surface area (Å²) in [6.45, 7) is 4.13. The molecule has 2 fully saturated rings. The smallest absolute Gasteiger partial charge is 0.225 e. The molecule has 1 aliphatic heterocycles. The molecule has 0 unspecified atom stereocenters. The molecule has 0 atom stereocenters. The molecule has 4 heteroatoms. The van der Waals surface area contributed by atoms with Gasteiger partial charge in [0.05, 0.1) is 6.10 Å². The fourth-order valence-corrected chi connectivity index (χ4v) is 2.84. The second kappa shape index (κ2) is 3.42. The second-order valence-electron chi connectivity index (χ2n) is 5.12. The van der Waals surface area contributed by atoms with E-state index >= 15 is 0 Å². The molecule has 0 amide bonds. The lowest BCUT2D eigenvalue weighted by molar-refractivity contribution is -0.0497. The molecule has 2 aliphatic rings.